The fraction of sp³-hybridized carbons (Fsp3) is 0.750. The van der Waals surface area contributed by atoms with Gasteiger partial charge >= 0.3 is 0 Å². The minimum atomic E-state index is 0.434. The molecule has 1 saturated carbocycles. The summed E-state index contributed by atoms with van der Waals surface area (Å²) in [5.74, 6) is 3.99. The molecule has 0 aliphatic heterocycles. The molecule has 0 N–H and O–H groups in total. The van der Waals surface area contributed by atoms with Crippen LogP contribution in [0.5, 0.6) is 0 Å². The molecule has 0 aromatic carbocycles. The maximum absolute atomic E-state index is 5.29. The van der Waals surface area contributed by atoms with Gasteiger partial charge in [-0.3, -0.25) is 0 Å². The van der Waals surface area contributed by atoms with Crippen molar-refractivity contribution in [3.63, 3.8) is 0 Å². The molecule has 0 amide bonds. The van der Waals surface area contributed by atoms with Gasteiger partial charge in [-0.25, -0.2) is 0 Å². The maximum atomic E-state index is 5.29. The van der Waals surface area contributed by atoms with Crippen LogP contribution >= 0.6 is 12.6 Å². The Morgan fingerprint density at radius 1 is 1.56 bits per heavy atom. The fourth-order valence-electron chi connectivity index (χ4n) is 1.44. The normalized spacial score (nSPS) is 42.6. The molecule has 9 heavy (non-hydrogen) atoms. The summed E-state index contributed by atoms with van der Waals surface area (Å²) in [5, 5.41) is 0.463. The molecule has 0 bridgehead atoms. The minimum absolute atomic E-state index is 0.434. The zero-order chi connectivity index (χ0) is 6.85. The van der Waals surface area contributed by atoms with Crippen molar-refractivity contribution in [2.24, 2.45) is 11.8 Å². The molecule has 0 heterocycles. The van der Waals surface area contributed by atoms with Crippen LogP contribution in [0.15, 0.2) is 0 Å². The van der Waals surface area contributed by atoms with Crippen LogP contribution in [0.3, 0.4) is 0 Å². The average molecular weight is 140 g/mol. The van der Waals surface area contributed by atoms with E-state index in [0.717, 1.165) is 5.92 Å². The molecule has 0 saturated heterocycles. The number of rotatable bonds is 0. The van der Waals surface area contributed by atoms with E-state index in [9.17, 15) is 0 Å². The maximum Gasteiger partial charge on any atom is 0.0319 e. The van der Waals surface area contributed by atoms with Crippen molar-refractivity contribution in [2.75, 3.05) is 0 Å². The van der Waals surface area contributed by atoms with Crippen LogP contribution < -0.4 is 0 Å². The van der Waals surface area contributed by atoms with Gasteiger partial charge in [0.1, 0.15) is 0 Å². The summed E-state index contributed by atoms with van der Waals surface area (Å²) in [7, 11) is 0. The predicted octanol–water partition coefficient (Wildman–Crippen LogP) is 1.96. The molecule has 1 aliphatic carbocycles. The SMILES string of the molecule is C#CC1CC(C)CC1S. The summed E-state index contributed by atoms with van der Waals surface area (Å²) in [6, 6.07) is 0. The lowest BCUT2D eigenvalue weighted by Gasteiger charge is -2.03. The molecule has 1 fully saturated rings. The molecule has 3 unspecified atom stereocenters. The van der Waals surface area contributed by atoms with Gasteiger partial charge in [-0.15, -0.1) is 12.3 Å². The van der Waals surface area contributed by atoms with E-state index >= 15 is 0 Å². The van der Waals surface area contributed by atoms with Gasteiger partial charge in [0.2, 0.25) is 0 Å². The van der Waals surface area contributed by atoms with Crippen molar-refractivity contribution in [3.05, 3.63) is 0 Å². The van der Waals surface area contributed by atoms with Gasteiger partial charge in [-0.05, 0) is 18.8 Å². The third kappa shape index (κ3) is 1.43. The third-order valence-electron chi connectivity index (χ3n) is 1.98. The zero-order valence-electron chi connectivity index (χ0n) is 5.67. The Morgan fingerprint density at radius 3 is 2.44 bits per heavy atom. The van der Waals surface area contributed by atoms with Crippen molar-refractivity contribution in [1.29, 1.82) is 0 Å². The second-order valence-corrected chi connectivity index (χ2v) is 3.58. The Morgan fingerprint density at radius 2 is 2.22 bits per heavy atom. The van der Waals surface area contributed by atoms with Gasteiger partial charge in [0, 0.05) is 11.2 Å². The molecule has 0 radical (unpaired) electrons. The first-order valence-corrected chi connectivity index (χ1v) is 3.90. The summed E-state index contributed by atoms with van der Waals surface area (Å²) in [6.45, 7) is 2.24. The van der Waals surface area contributed by atoms with Gasteiger partial charge in [-0.2, -0.15) is 12.6 Å². The summed E-state index contributed by atoms with van der Waals surface area (Å²) in [5.41, 5.74) is 0. The van der Waals surface area contributed by atoms with Crippen LogP contribution in [0.2, 0.25) is 0 Å². The second kappa shape index (κ2) is 2.66. The first-order valence-electron chi connectivity index (χ1n) is 3.38. The van der Waals surface area contributed by atoms with Gasteiger partial charge in [0.05, 0.1) is 0 Å². The quantitative estimate of drug-likeness (QED) is 0.386. The number of hydrogen-bond donors (Lipinski definition) is 1. The van der Waals surface area contributed by atoms with E-state index in [2.05, 4.69) is 25.5 Å². The molecule has 1 aliphatic rings. The van der Waals surface area contributed by atoms with Gasteiger partial charge in [0.15, 0.2) is 0 Å². The lowest BCUT2D eigenvalue weighted by atomic mass is 10.1. The van der Waals surface area contributed by atoms with Crippen LogP contribution in [0, 0.1) is 24.2 Å². The summed E-state index contributed by atoms with van der Waals surface area (Å²) in [4.78, 5) is 0. The molecule has 1 rings (SSSR count). The van der Waals surface area contributed by atoms with E-state index < -0.39 is 0 Å². The molecule has 0 aromatic rings. The van der Waals surface area contributed by atoms with Crippen molar-refractivity contribution < 1.29 is 0 Å². The van der Waals surface area contributed by atoms with Crippen molar-refractivity contribution in [1.82, 2.24) is 0 Å². The Labute approximate surface area is 62.4 Å². The molecular weight excluding hydrogens is 128 g/mol. The molecule has 1 heteroatoms. The first kappa shape index (κ1) is 7.02. The van der Waals surface area contributed by atoms with Crippen molar-refractivity contribution >= 4 is 12.6 Å². The molecule has 0 nitrogen and oxygen atoms in total. The van der Waals surface area contributed by atoms with Crippen LogP contribution in [0.1, 0.15) is 19.8 Å². The summed E-state index contributed by atoms with van der Waals surface area (Å²) in [6.07, 6.45) is 7.65. The van der Waals surface area contributed by atoms with E-state index in [1.165, 1.54) is 12.8 Å². The Hall–Kier alpha value is -0.0900. The number of terminal acetylenes is 1. The molecular formula is C8H12S. The number of thiol groups is 1. The van der Waals surface area contributed by atoms with Crippen LogP contribution in [-0.2, 0) is 0 Å². The van der Waals surface area contributed by atoms with E-state index in [0.29, 0.717) is 11.2 Å². The van der Waals surface area contributed by atoms with E-state index in [1.807, 2.05) is 0 Å². The summed E-state index contributed by atoms with van der Waals surface area (Å²) >= 11 is 4.38. The van der Waals surface area contributed by atoms with Crippen LogP contribution in [0.25, 0.3) is 0 Å². The highest BCUT2D eigenvalue weighted by Gasteiger charge is 2.27. The lowest BCUT2D eigenvalue weighted by Crippen LogP contribution is -2.02. The van der Waals surface area contributed by atoms with Gasteiger partial charge in [-0.1, -0.05) is 6.92 Å². The van der Waals surface area contributed by atoms with E-state index in [1.54, 1.807) is 0 Å². The van der Waals surface area contributed by atoms with E-state index in [-0.39, 0.29) is 0 Å². The standard InChI is InChI=1S/C8H12S/c1-3-7-4-6(2)5-8(7)9/h1,6-9H,4-5H2,2H3. The largest absolute Gasteiger partial charge is 0.175 e. The molecule has 0 aromatic heterocycles. The smallest absolute Gasteiger partial charge is 0.0319 e. The zero-order valence-corrected chi connectivity index (χ0v) is 6.57. The second-order valence-electron chi connectivity index (χ2n) is 2.92. The predicted molar refractivity (Wildman–Crippen MR) is 43.5 cm³/mol. The highest BCUT2D eigenvalue weighted by molar-refractivity contribution is 7.81. The molecule has 50 valence electrons. The average Bonchev–Trinajstić information content (AvgIpc) is 2.10. The van der Waals surface area contributed by atoms with Crippen molar-refractivity contribution in [3.8, 4) is 12.3 Å². The van der Waals surface area contributed by atoms with Gasteiger partial charge < -0.3 is 0 Å². The van der Waals surface area contributed by atoms with Crippen LogP contribution in [-0.4, -0.2) is 5.25 Å². The Kier molecular flexibility index (Phi) is 2.08. The third-order valence-corrected chi connectivity index (χ3v) is 2.55. The lowest BCUT2D eigenvalue weighted by molar-refractivity contribution is 0.592. The van der Waals surface area contributed by atoms with Crippen LogP contribution in [0.4, 0.5) is 0 Å². The molecule has 0 spiro atoms. The Balaban J connectivity index is 2.50. The summed E-state index contributed by atoms with van der Waals surface area (Å²) < 4.78 is 0. The molecule has 3 atom stereocenters. The Bertz CT molecular complexity index is 134. The monoisotopic (exact) mass is 140 g/mol. The number of hydrogen-bond acceptors (Lipinski definition) is 1. The fourth-order valence-corrected chi connectivity index (χ4v) is 2.01. The first-order chi connectivity index (χ1) is 4.24. The van der Waals surface area contributed by atoms with E-state index in [4.69, 9.17) is 6.42 Å². The topological polar surface area (TPSA) is 0 Å². The van der Waals surface area contributed by atoms with Gasteiger partial charge in [0.25, 0.3) is 0 Å². The minimum Gasteiger partial charge on any atom is -0.175 e. The highest BCUT2D eigenvalue weighted by Crippen LogP contribution is 2.33. The highest BCUT2D eigenvalue weighted by atomic mass is 32.1. The van der Waals surface area contributed by atoms with Crippen molar-refractivity contribution in [2.45, 2.75) is 25.0 Å².